The van der Waals surface area contributed by atoms with Crippen LogP contribution in [0.1, 0.15) is 18.3 Å². The fraction of sp³-hybridized carbons (Fsp3) is 0.250. The van der Waals surface area contributed by atoms with Crippen LogP contribution in [0.4, 0.5) is 5.82 Å². The van der Waals surface area contributed by atoms with E-state index in [2.05, 4.69) is 25.8 Å². The number of hydrogen-bond acceptors (Lipinski definition) is 6. The number of pyridine rings is 1. The monoisotopic (exact) mass is 410 g/mol. The van der Waals surface area contributed by atoms with Gasteiger partial charge in [0.2, 0.25) is 11.8 Å². The van der Waals surface area contributed by atoms with Gasteiger partial charge >= 0.3 is 0 Å². The van der Waals surface area contributed by atoms with Crippen molar-refractivity contribution in [2.45, 2.75) is 31.6 Å². The Morgan fingerprint density at radius 2 is 1.83 bits per heavy atom. The van der Waals surface area contributed by atoms with E-state index in [0.29, 0.717) is 29.8 Å². The van der Waals surface area contributed by atoms with Gasteiger partial charge in [-0.3, -0.25) is 9.59 Å². The van der Waals surface area contributed by atoms with Crippen LogP contribution in [0.15, 0.2) is 59.9 Å². The van der Waals surface area contributed by atoms with Crippen LogP contribution >= 0.6 is 11.8 Å². The Hall–Kier alpha value is -3.20. The van der Waals surface area contributed by atoms with Gasteiger partial charge in [-0.25, -0.2) is 4.98 Å². The maximum Gasteiger partial charge on any atom is 0.236 e. The fourth-order valence-corrected chi connectivity index (χ4v) is 3.46. The van der Waals surface area contributed by atoms with Gasteiger partial charge in [0, 0.05) is 12.7 Å². The number of nitrogens with one attached hydrogen (secondary N) is 2. The van der Waals surface area contributed by atoms with E-state index in [1.54, 1.807) is 18.3 Å². The van der Waals surface area contributed by atoms with E-state index in [9.17, 15) is 9.59 Å². The second-order valence-corrected chi connectivity index (χ2v) is 7.08. The number of anilines is 1. The van der Waals surface area contributed by atoms with Gasteiger partial charge < -0.3 is 15.2 Å². The minimum absolute atomic E-state index is 0.0780. The zero-order valence-corrected chi connectivity index (χ0v) is 16.9. The van der Waals surface area contributed by atoms with Crippen LogP contribution in [-0.2, 0) is 29.1 Å². The number of thioether (sulfide) groups is 1. The Morgan fingerprint density at radius 3 is 2.55 bits per heavy atom. The largest absolute Gasteiger partial charge is 0.349 e. The predicted molar refractivity (Wildman–Crippen MR) is 111 cm³/mol. The van der Waals surface area contributed by atoms with Crippen LogP contribution in [0.25, 0.3) is 0 Å². The van der Waals surface area contributed by atoms with Gasteiger partial charge in [0.15, 0.2) is 11.0 Å². The summed E-state index contributed by atoms with van der Waals surface area (Å²) in [5, 5.41) is 14.6. The highest BCUT2D eigenvalue weighted by atomic mass is 32.2. The van der Waals surface area contributed by atoms with Gasteiger partial charge in [-0.2, -0.15) is 0 Å². The van der Waals surface area contributed by atoms with Crippen molar-refractivity contribution in [3.63, 3.8) is 0 Å². The summed E-state index contributed by atoms with van der Waals surface area (Å²) in [4.78, 5) is 28.3. The molecule has 150 valence electrons. The second kappa shape index (κ2) is 10.4. The predicted octanol–water partition coefficient (Wildman–Crippen LogP) is 2.28. The number of aromatic nitrogens is 4. The second-order valence-electron chi connectivity index (χ2n) is 6.13. The van der Waals surface area contributed by atoms with E-state index in [1.165, 1.54) is 11.8 Å². The standard InChI is InChI=1S/C20H22N6O2S/c1-2-26-17(13-22-18(27)12-15-8-4-3-5-9-15)24-25-20(26)29-14-19(28)23-16-10-6-7-11-21-16/h3-11H,2,12-14H2,1H3,(H,22,27)(H,21,23,28). The lowest BCUT2D eigenvalue weighted by Gasteiger charge is -2.09. The van der Waals surface area contributed by atoms with E-state index in [0.717, 1.165) is 5.56 Å². The van der Waals surface area contributed by atoms with Crippen LogP contribution in [0.3, 0.4) is 0 Å². The Labute approximate surface area is 173 Å². The maximum absolute atomic E-state index is 12.1. The van der Waals surface area contributed by atoms with Gasteiger partial charge in [0.05, 0.1) is 18.7 Å². The minimum atomic E-state index is -0.169. The van der Waals surface area contributed by atoms with Crippen molar-refractivity contribution in [3.8, 4) is 0 Å². The summed E-state index contributed by atoms with van der Waals surface area (Å²) in [6.45, 7) is 2.89. The summed E-state index contributed by atoms with van der Waals surface area (Å²) in [5.41, 5.74) is 0.956. The van der Waals surface area contributed by atoms with Gasteiger partial charge in [0.1, 0.15) is 5.82 Å². The molecule has 0 spiro atoms. The lowest BCUT2D eigenvalue weighted by atomic mass is 10.1. The number of nitrogens with zero attached hydrogens (tertiary/aromatic N) is 4. The van der Waals surface area contributed by atoms with Gasteiger partial charge in [-0.1, -0.05) is 48.2 Å². The molecule has 0 unspecified atom stereocenters. The number of benzene rings is 1. The molecular weight excluding hydrogens is 388 g/mol. The third-order valence-corrected chi connectivity index (χ3v) is 4.99. The summed E-state index contributed by atoms with van der Waals surface area (Å²) in [7, 11) is 0. The molecule has 0 atom stereocenters. The van der Waals surface area contributed by atoms with Crippen molar-refractivity contribution in [2.24, 2.45) is 0 Å². The minimum Gasteiger partial charge on any atom is -0.349 e. The van der Waals surface area contributed by atoms with Crippen LogP contribution in [-0.4, -0.2) is 37.3 Å². The van der Waals surface area contributed by atoms with Crippen LogP contribution in [0.2, 0.25) is 0 Å². The number of rotatable bonds is 9. The molecule has 1 aromatic carbocycles. The Balaban J connectivity index is 1.51. The summed E-state index contributed by atoms with van der Waals surface area (Å²) in [5.74, 6) is 1.11. The number of hydrogen-bond donors (Lipinski definition) is 2. The average molecular weight is 411 g/mol. The van der Waals surface area contributed by atoms with Crippen molar-refractivity contribution in [1.29, 1.82) is 0 Å². The van der Waals surface area contributed by atoms with Crippen LogP contribution in [0, 0.1) is 0 Å². The molecule has 9 heteroatoms. The van der Waals surface area contributed by atoms with Crippen LogP contribution in [0.5, 0.6) is 0 Å². The number of carbonyl (C=O) groups excluding carboxylic acids is 2. The SMILES string of the molecule is CCn1c(CNC(=O)Cc2ccccc2)nnc1SCC(=O)Nc1ccccn1. The maximum atomic E-state index is 12.1. The quantitative estimate of drug-likeness (QED) is 0.525. The van der Waals surface area contributed by atoms with Crippen LogP contribution < -0.4 is 10.6 Å². The third-order valence-electron chi connectivity index (χ3n) is 4.03. The molecule has 0 aliphatic carbocycles. The lowest BCUT2D eigenvalue weighted by Crippen LogP contribution is -2.26. The molecule has 0 bridgehead atoms. The lowest BCUT2D eigenvalue weighted by molar-refractivity contribution is -0.120. The third kappa shape index (κ3) is 6.15. The first-order valence-corrected chi connectivity index (χ1v) is 10.2. The molecule has 2 amide bonds. The molecule has 3 aromatic rings. The summed E-state index contributed by atoms with van der Waals surface area (Å²) in [6.07, 6.45) is 1.94. The number of amides is 2. The number of carbonyl (C=O) groups is 2. The Morgan fingerprint density at radius 1 is 1.03 bits per heavy atom. The van der Waals surface area contributed by atoms with Crippen molar-refractivity contribution >= 4 is 29.4 Å². The van der Waals surface area contributed by atoms with E-state index < -0.39 is 0 Å². The average Bonchev–Trinajstić information content (AvgIpc) is 3.14. The smallest absolute Gasteiger partial charge is 0.236 e. The van der Waals surface area contributed by atoms with Crippen molar-refractivity contribution in [1.82, 2.24) is 25.1 Å². The first kappa shape index (κ1) is 20.5. The molecule has 0 aliphatic rings. The highest BCUT2D eigenvalue weighted by molar-refractivity contribution is 7.99. The molecular formula is C20H22N6O2S. The molecule has 29 heavy (non-hydrogen) atoms. The molecule has 8 nitrogen and oxygen atoms in total. The van der Waals surface area contributed by atoms with E-state index >= 15 is 0 Å². The molecule has 0 fully saturated rings. The molecule has 2 N–H and O–H groups in total. The first-order valence-electron chi connectivity index (χ1n) is 9.22. The highest BCUT2D eigenvalue weighted by Gasteiger charge is 2.14. The topological polar surface area (TPSA) is 102 Å². The highest BCUT2D eigenvalue weighted by Crippen LogP contribution is 2.17. The normalized spacial score (nSPS) is 10.5. The molecule has 2 aromatic heterocycles. The zero-order valence-electron chi connectivity index (χ0n) is 16.0. The van der Waals surface area contributed by atoms with E-state index in [-0.39, 0.29) is 24.1 Å². The molecule has 0 aliphatic heterocycles. The van der Waals surface area contributed by atoms with Gasteiger partial charge in [-0.05, 0) is 24.6 Å². The fourth-order valence-electron chi connectivity index (χ4n) is 2.64. The Bertz CT molecular complexity index is 871. The molecule has 0 saturated carbocycles. The summed E-state index contributed by atoms with van der Waals surface area (Å²) >= 11 is 1.29. The van der Waals surface area contributed by atoms with Crippen molar-refractivity contribution in [2.75, 3.05) is 11.1 Å². The Kier molecular flexibility index (Phi) is 7.34. The van der Waals surface area contributed by atoms with Gasteiger partial charge in [-0.15, -0.1) is 10.2 Å². The molecule has 0 radical (unpaired) electrons. The zero-order chi connectivity index (χ0) is 20.5. The van der Waals surface area contributed by atoms with E-state index in [4.69, 9.17) is 0 Å². The summed E-state index contributed by atoms with van der Waals surface area (Å²) < 4.78 is 1.89. The first-order chi connectivity index (χ1) is 14.2. The van der Waals surface area contributed by atoms with Gasteiger partial charge in [0.25, 0.3) is 0 Å². The molecule has 0 saturated heterocycles. The summed E-state index contributed by atoms with van der Waals surface area (Å²) in [6, 6.07) is 14.9. The molecule has 2 heterocycles. The molecule has 3 rings (SSSR count). The van der Waals surface area contributed by atoms with Crippen molar-refractivity contribution < 1.29 is 9.59 Å². The van der Waals surface area contributed by atoms with Crippen molar-refractivity contribution in [3.05, 3.63) is 66.1 Å². The van der Waals surface area contributed by atoms with E-state index in [1.807, 2.05) is 47.9 Å².